The smallest absolute Gasteiger partial charge is 0.164 e. The maximum atomic E-state index is 6.76. The number of hydrogen-bond acceptors (Lipinski definition) is 4. The Labute approximate surface area is 398 Å². The van der Waals surface area contributed by atoms with Gasteiger partial charge in [0.2, 0.25) is 0 Å². The van der Waals surface area contributed by atoms with Crippen LogP contribution in [-0.4, -0.2) is 103 Å². The van der Waals surface area contributed by atoms with Gasteiger partial charge in [0.15, 0.2) is 17.5 Å². The van der Waals surface area contributed by atoms with Crippen LogP contribution in [0, 0.1) is 0 Å². The summed E-state index contributed by atoms with van der Waals surface area (Å²) in [6.45, 7) is 0. The van der Waals surface area contributed by atoms with E-state index in [-0.39, 0.29) is 0 Å². The zero-order chi connectivity index (χ0) is 46.2. The van der Waals surface area contributed by atoms with Gasteiger partial charge in [-0.1, -0.05) is 135 Å². The van der Waals surface area contributed by atoms with E-state index in [2.05, 4.69) is 173 Å². The molecule has 0 amide bonds. The molecule has 67 heavy (non-hydrogen) atoms. The summed E-state index contributed by atoms with van der Waals surface area (Å²) in [4.78, 5) is 15.4. The third-order valence-corrected chi connectivity index (χ3v) is 15.4. The van der Waals surface area contributed by atoms with E-state index < -0.39 is 0 Å². The fraction of sp³-hybridized carbons (Fsp3) is 0. The van der Waals surface area contributed by atoms with Gasteiger partial charge >= 0.3 is 0 Å². The molecular formula is C51H41B10N5O. The molecule has 8 aromatic carbocycles. The van der Waals surface area contributed by atoms with Crippen molar-refractivity contribution < 1.29 is 4.42 Å². The third kappa shape index (κ3) is 5.87. The first-order chi connectivity index (χ1) is 32.4. The van der Waals surface area contributed by atoms with Crippen LogP contribution in [0.2, 0.25) is 0 Å². The van der Waals surface area contributed by atoms with Gasteiger partial charge in [-0.15, -0.1) is 10.9 Å². The molecule has 16 heteroatoms. The monoisotopic (exact) mass is 849 g/mol. The van der Waals surface area contributed by atoms with Crippen molar-refractivity contribution in [3.63, 3.8) is 0 Å². The number of hydrogen-bond donors (Lipinski definition) is 0. The minimum atomic E-state index is 0.595. The second-order valence-corrected chi connectivity index (χ2v) is 18.7. The maximum Gasteiger partial charge on any atom is 0.164 e. The summed E-state index contributed by atoms with van der Waals surface area (Å²) in [5.41, 5.74) is 24.7. The highest BCUT2D eigenvalue weighted by molar-refractivity contribution is 6.71. The lowest BCUT2D eigenvalue weighted by Crippen LogP contribution is -2.48. The summed E-state index contributed by atoms with van der Waals surface area (Å²) in [7, 11) is 23.1. The average Bonchev–Trinajstić information content (AvgIpc) is 4.05. The molecule has 0 fully saturated rings. The highest BCUT2D eigenvalue weighted by Crippen LogP contribution is 2.41. The van der Waals surface area contributed by atoms with Crippen LogP contribution in [-0.2, 0) is 0 Å². The number of fused-ring (bicyclic) bond motifs is 10. The van der Waals surface area contributed by atoms with Crippen LogP contribution in [0.25, 0.3) is 111 Å². The molecule has 0 aliphatic carbocycles. The first-order valence-corrected chi connectivity index (χ1v) is 23.3. The van der Waals surface area contributed by atoms with Crippen LogP contribution in [0.15, 0.2) is 132 Å². The van der Waals surface area contributed by atoms with E-state index >= 15 is 0 Å². The highest BCUT2D eigenvalue weighted by Gasteiger charge is 2.29. The number of rotatable bonds is 5. The zero-order valence-corrected chi connectivity index (χ0v) is 39.8. The lowest BCUT2D eigenvalue weighted by atomic mass is 9.64. The fourth-order valence-corrected chi connectivity index (χ4v) is 11.2. The Morgan fingerprint density at radius 3 is 1.28 bits per heavy atom. The summed E-state index contributed by atoms with van der Waals surface area (Å²) in [5, 5.41) is 7.24. The largest absolute Gasteiger partial charge is 0.456 e. The quantitative estimate of drug-likeness (QED) is 0.164. The van der Waals surface area contributed by atoms with Gasteiger partial charge in [-0.2, -0.15) is 0 Å². The molecule has 12 rings (SSSR count). The summed E-state index contributed by atoms with van der Waals surface area (Å²) < 4.78 is 11.9. The molecule has 4 heterocycles. The number of nitrogens with zero attached hydrogens (tertiary/aromatic N) is 5. The van der Waals surface area contributed by atoms with Crippen molar-refractivity contribution in [2.24, 2.45) is 0 Å². The number of furan rings is 1. The summed E-state index contributed by atoms with van der Waals surface area (Å²) in [5.74, 6) is 1.84. The van der Waals surface area contributed by atoms with Gasteiger partial charge in [0.25, 0.3) is 0 Å². The molecule has 0 N–H and O–H groups in total. The van der Waals surface area contributed by atoms with Crippen molar-refractivity contribution in [3.05, 3.63) is 127 Å². The van der Waals surface area contributed by atoms with Gasteiger partial charge in [-0.3, -0.25) is 0 Å². The Balaban J connectivity index is 1.25. The number of para-hydroxylation sites is 1. The molecule has 0 unspecified atom stereocenters. The predicted octanol–water partition coefficient (Wildman–Crippen LogP) is -4.45. The van der Waals surface area contributed by atoms with Crippen molar-refractivity contribution >= 4 is 199 Å². The van der Waals surface area contributed by atoms with Gasteiger partial charge in [-0.05, 0) is 47.2 Å². The van der Waals surface area contributed by atoms with Gasteiger partial charge in [0.05, 0.1) is 11.0 Å². The molecule has 0 saturated carbocycles. The predicted molar refractivity (Wildman–Crippen MR) is 314 cm³/mol. The van der Waals surface area contributed by atoms with E-state index in [1.165, 1.54) is 98.2 Å². The SMILES string of the molecule is Bc1c(B)c(B)c2c(c1B)c1c(B)c(B)c3c4c(B)c(B)c(B)c(B)c4n(-c4ccc5oc6cccc(-c7nc(-c8ccccc8)nc(-c8ccccc8)n7)c6c5c4)c3c1n2-c1ccccc1. The zero-order valence-electron chi connectivity index (χ0n) is 39.8. The lowest BCUT2D eigenvalue weighted by Gasteiger charge is -2.17. The van der Waals surface area contributed by atoms with Crippen molar-refractivity contribution in [2.45, 2.75) is 0 Å². The molecule has 0 bridgehead atoms. The van der Waals surface area contributed by atoms with Crippen LogP contribution in [0.3, 0.4) is 0 Å². The van der Waals surface area contributed by atoms with E-state index in [1.54, 1.807) is 0 Å². The van der Waals surface area contributed by atoms with Crippen LogP contribution < -0.4 is 54.6 Å². The first-order valence-electron chi connectivity index (χ1n) is 23.3. The van der Waals surface area contributed by atoms with Crippen molar-refractivity contribution in [1.29, 1.82) is 0 Å². The Bertz CT molecular complexity index is 4040. The van der Waals surface area contributed by atoms with E-state index in [4.69, 9.17) is 19.4 Å². The highest BCUT2D eigenvalue weighted by atomic mass is 16.3. The Hall–Kier alpha value is -7.18. The summed E-state index contributed by atoms with van der Waals surface area (Å²) >= 11 is 0. The molecule has 306 valence electrons. The molecule has 0 saturated heterocycles. The molecule has 0 radical (unpaired) electrons. The fourth-order valence-electron chi connectivity index (χ4n) is 11.2. The topological polar surface area (TPSA) is 61.7 Å². The molecule has 0 aliphatic heterocycles. The van der Waals surface area contributed by atoms with Gasteiger partial charge < -0.3 is 13.6 Å². The van der Waals surface area contributed by atoms with Gasteiger partial charge in [-0.25, -0.2) is 15.0 Å². The first kappa shape index (κ1) is 41.3. The number of aromatic nitrogens is 5. The normalized spacial score (nSPS) is 11.9. The Morgan fingerprint density at radius 2 is 0.761 bits per heavy atom. The summed E-state index contributed by atoms with van der Waals surface area (Å²) in [6.07, 6.45) is 0. The van der Waals surface area contributed by atoms with Gasteiger partial charge in [0.1, 0.15) is 89.6 Å². The second kappa shape index (κ2) is 15.2. The Morgan fingerprint density at radius 1 is 0.328 bits per heavy atom. The molecule has 6 nitrogen and oxygen atoms in total. The van der Waals surface area contributed by atoms with E-state index in [0.29, 0.717) is 17.5 Å². The average molecular weight is 848 g/mol. The molecule has 0 spiro atoms. The molecule has 4 aromatic heterocycles. The molecule has 0 atom stereocenters. The molecule has 12 aromatic rings. The third-order valence-electron chi connectivity index (χ3n) is 15.4. The lowest BCUT2D eigenvalue weighted by molar-refractivity contribution is 0.669. The minimum absolute atomic E-state index is 0.595. The van der Waals surface area contributed by atoms with Crippen LogP contribution >= 0.6 is 0 Å². The van der Waals surface area contributed by atoms with Crippen LogP contribution in [0.5, 0.6) is 0 Å². The minimum Gasteiger partial charge on any atom is -0.456 e. The van der Waals surface area contributed by atoms with E-state index in [0.717, 1.165) is 50.0 Å². The maximum absolute atomic E-state index is 6.76. The Kier molecular flexibility index (Phi) is 9.35. The standard InChI is InChI=1S/C51H41B10N5O/c52-35-33-31-37(54)39(56)41(58)43(60)45(31)65(24-15-8-3-9-16-24)47(33)48-34(36(35)53)32-38(55)40(57)42(59)44(61)46(32)66(48)25-19-20-28-27(21-25)30-26(17-10-18-29(30)67-28)51-63-49(22-11-4-1-5-12-22)62-50(64-51)23-13-6-2-7-14-23/h1-21H,52-61H2. The van der Waals surface area contributed by atoms with Crippen molar-refractivity contribution in [2.75, 3.05) is 0 Å². The molecular weight excluding hydrogens is 807 g/mol. The van der Waals surface area contributed by atoms with Crippen LogP contribution in [0.4, 0.5) is 0 Å². The second-order valence-electron chi connectivity index (χ2n) is 18.7. The van der Waals surface area contributed by atoms with E-state index in [9.17, 15) is 0 Å². The van der Waals surface area contributed by atoms with Crippen LogP contribution in [0.1, 0.15) is 0 Å². The molecule has 0 aliphatic rings. The van der Waals surface area contributed by atoms with Crippen molar-refractivity contribution in [3.8, 4) is 45.5 Å². The summed E-state index contributed by atoms with van der Waals surface area (Å²) in [6, 6.07) is 44.2. The number of benzene rings is 8. The van der Waals surface area contributed by atoms with Gasteiger partial charge in [0, 0.05) is 60.6 Å². The van der Waals surface area contributed by atoms with E-state index in [1.807, 2.05) is 42.5 Å². The van der Waals surface area contributed by atoms with Crippen molar-refractivity contribution in [1.82, 2.24) is 24.1 Å².